The maximum Gasteiger partial charge on any atom is 0.326 e. The number of carbonyl (C=O) groups excluding carboxylic acids is 2. The average Bonchev–Trinajstić information content (AvgIpc) is 3.04. The average molecular weight is 348 g/mol. The van der Waals surface area contributed by atoms with Crippen molar-refractivity contribution < 1.29 is 14.3 Å². The number of amides is 1. The highest BCUT2D eigenvalue weighted by molar-refractivity contribution is 5.89. The molecule has 0 unspecified atom stereocenters. The number of primary amides is 1. The Morgan fingerprint density at radius 2 is 1.68 bits per heavy atom. The summed E-state index contributed by atoms with van der Waals surface area (Å²) in [5.74, 6) is -1.89. The van der Waals surface area contributed by atoms with Crippen LogP contribution in [0, 0.1) is 0 Å². The van der Waals surface area contributed by atoms with Gasteiger partial charge in [0.05, 0.1) is 19.6 Å². The Morgan fingerprint density at radius 3 is 2.12 bits per heavy atom. The van der Waals surface area contributed by atoms with Gasteiger partial charge in [0.25, 0.3) is 5.91 Å². The van der Waals surface area contributed by atoms with Crippen molar-refractivity contribution in [3.63, 3.8) is 0 Å². The Kier molecular flexibility index (Phi) is 7.09. The minimum atomic E-state index is -1.66. The molecule has 0 aliphatic heterocycles. The summed E-state index contributed by atoms with van der Waals surface area (Å²) in [5.41, 5.74) is 28.9. The molecule has 15 heteroatoms. The van der Waals surface area contributed by atoms with E-state index in [9.17, 15) is 9.59 Å². The third-order valence-electron chi connectivity index (χ3n) is 2.83. The fourth-order valence-electron chi connectivity index (χ4n) is 1.80. The molecule has 0 spiro atoms. The number of ether oxygens (including phenoxy) is 1. The van der Waals surface area contributed by atoms with Crippen LogP contribution in [0.4, 0.5) is 0 Å². The summed E-state index contributed by atoms with van der Waals surface area (Å²) >= 11 is 0. The zero-order valence-electron chi connectivity index (χ0n) is 12.7. The Morgan fingerprint density at radius 1 is 1.16 bits per heavy atom. The van der Waals surface area contributed by atoms with Gasteiger partial charge in [0.2, 0.25) is 0 Å². The van der Waals surface area contributed by atoms with E-state index in [1.165, 1.54) is 12.4 Å². The molecular weight excluding hydrogens is 336 g/mol. The van der Waals surface area contributed by atoms with Gasteiger partial charge in [-0.3, -0.25) is 9.59 Å². The summed E-state index contributed by atoms with van der Waals surface area (Å²) in [6.07, 6.45) is 2.60. The van der Waals surface area contributed by atoms with E-state index in [-0.39, 0.29) is 5.82 Å². The van der Waals surface area contributed by atoms with Gasteiger partial charge in [-0.15, -0.1) is 0 Å². The highest BCUT2D eigenvalue weighted by Gasteiger charge is 2.33. The van der Waals surface area contributed by atoms with E-state index in [0.29, 0.717) is 0 Å². The molecule has 1 aromatic heterocycles. The van der Waals surface area contributed by atoms with E-state index >= 15 is 0 Å². The molecule has 0 bridgehead atoms. The Hall–Kier alpha value is -3.92. The second kappa shape index (κ2) is 9.27. The topological polar surface area (TPSA) is 233 Å². The molecule has 0 saturated carbocycles. The number of azide groups is 3. The van der Waals surface area contributed by atoms with Crippen molar-refractivity contribution in [2.45, 2.75) is 12.1 Å². The van der Waals surface area contributed by atoms with Crippen LogP contribution in [0.5, 0.6) is 0 Å². The summed E-state index contributed by atoms with van der Waals surface area (Å²) in [5, 5.41) is 9.87. The van der Waals surface area contributed by atoms with Crippen molar-refractivity contribution in [3.05, 3.63) is 49.5 Å². The lowest BCUT2D eigenvalue weighted by molar-refractivity contribution is -0.157. The predicted octanol–water partition coefficient (Wildman–Crippen LogP) is 1.19. The van der Waals surface area contributed by atoms with Crippen LogP contribution in [-0.2, 0) is 16.1 Å². The number of nitrogens with two attached hydrogens (primary N) is 1. The molecule has 15 nitrogen and oxygen atoms in total. The van der Waals surface area contributed by atoms with Crippen molar-refractivity contribution in [2.75, 3.05) is 19.6 Å². The van der Waals surface area contributed by atoms with E-state index in [1.807, 2.05) is 0 Å². The molecule has 2 N–H and O–H groups in total. The second-order valence-electron chi connectivity index (χ2n) is 4.57. The lowest BCUT2D eigenvalue weighted by Crippen LogP contribution is -2.45. The van der Waals surface area contributed by atoms with Crippen LogP contribution in [0.3, 0.4) is 0 Å². The van der Waals surface area contributed by atoms with Crippen molar-refractivity contribution in [1.82, 2.24) is 9.55 Å². The van der Waals surface area contributed by atoms with Crippen molar-refractivity contribution in [1.29, 1.82) is 0 Å². The molecule has 0 radical (unpaired) electrons. The predicted molar refractivity (Wildman–Crippen MR) is 81.6 cm³/mol. The third kappa shape index (κ3) is 5.65. The molecule has 0 aliphatic carbocycles. The fourth-order valence-corrected chi connectivity index (χ4v) is 1.80. The van der Waals surface area contributed by atoms with Gasteiger partial charge in [0.15, 0.2) is 5.82 Å². The highest BCUT2D eigenvalue weighted by atomic mass is 16.6. The maximum atomic E-state index is 12.2. The van der Waals surface area contributed by atoms with Gasteiger partial charge in [-0.05, 0) is 16.6 Å². The zero-order chi connectivity index (χ0) is 18.7. The molecule has 1 rings (SSSR count). The van der Waals surface area contributed by atoms with Gasteiger partial charge in [-0.1, -0.05) is 15.3 Å². The largest absolute Gasteiger partial charge is 0.457 e. The van der Waals surface area contributed by atoms with Crippen molar-refractivity contribution in [2.24, 2.45) is 21.1 Å². The molecule has 0 fully saturated rings. The fraction of sp³-hybridized carbons (Fsp3) is 0.500. The summed E-state index contributed by atoms with van der Waals surface area (Å²) in [4.78, 5) is 34.7. The normalized spacial score (nSPS) is 11.8. The molecule has 1 heterocycles. The summed E-state index contributed by atoms with van der Waals surface area (Å²) in [7, 11) is 0. The van der Waals surface area contributed by atoms with Gasteiger partial charge in [0.1, 0.15) is 12.1 Å². The number of rotatable bonds is 10. The SMILES string of the molecule is [N-]=[N+]=NCC(CN=[N+]=[N-])(CN=[N+]=[N-])OC(=O)Cn1ccnc1C(N)=O. The highest BCUT2D eigenvalue weighted by Crippen LogP contribution is 2.16. The van der Waals surface area contributed by atoms with Crippen LogP contribution in [0.25, 0.3) is 31.3 Å². The van der Waals surface area contributed by atoms with Crippen LogP contribution in [0.15, 0.2) is 27.7 Å². The van der Waals surface area contributed by atoms with Gasteiger partial charge in [-0.2, -0.15) is 0 Å². The number of hydrogen-bond donors (Lipinski definition) is 1. The van der Waals surface area contributed by atoms with E-state index in [2.05, 4.69) is 35.1 Å². The lowest BCUT2D eigenvalue weighted by Gasteiger charge is -2.29. The summed E-state index contributed by atoms with van der Waals surface area (Å²) in [6, 6.07) is 0. The Labute approximate surface area is 139 Å². The quantitative estimate of drug-likeness (QED) is 0.283. The molecule has 0 aromatic carbocycles. The van der Waals surface area contributed by atoms with E-state index in [4.69, 9.17) is 27.1 Å². The van der Waals surface area contributed by atoms with Crippen molar-refractivity contribution >= 4 is 11.9 Å². The molecular formula is C10H12N12O3. The lowest BCUT2D eigenvalue weighted by atomic mass is 10.1. The minimum absolute atomic E-state index is 0.164. The van der Waals surface area contributed by atoms with Crippen LogP contribution in [-0.4, -0.2) is 46.7 Å². The van der Waals surface area contributed by atoms with E-state index < -0.39 is 43.7 Å². The van der Waals surface area contributed by atoms with E-state index in [1.54, 1.807) is 0 Å². The van der Waals surface area contributed by atoms with Gasteiger partial charge >= 0.3 is 5.97 Å². The Balaban J connectivity index is 3.04. The number of hydrogen-bond acceptors (Lipinski definition) is 7. The third-order valence-corrected chi connectivity index (χ3v) is 2.83. The number of carbonyl (C=O) groups is 2. The summed E-state index contributed by atoms with van der Waals surface area (Å²) in [6.45, 7) is -1.73. The van der Waals surface area contributed by atoms with Crippen LogP contribution in [0.2, 0.25) is 0 Å². The number of nitrogens with zero attached hydrogens (tertiary/aromatic N) is 11. The number of esters is 1. The molecule has 1 aromatic rings. The van der Waals surface area contributed by atoms with Crippen LogP contribution in [0.1, 0.15) is 10.6 Å². The standard InChI is InChI=1S/C10H12N12O3/c11-8(24)9-15-1-2-22(9)3-7(23)25-10(4-16-19-12,5-17-20-13)6-18-21-14/h1-2H,3-6H2,(H2,11,24). The number of aromatic nitrogens is 2. The first-order valence-corrected chi connectivity index (χ1v) is 6.53. The van der Waals surface area contributed by atoms with Crippen molar-refractivity contribution in [3.8, 4) is 0 Å². The zero-order valence-corrected chi connectivity index (χ0v) is 12.7. The molecule has 0 aliphatic rings. The second-order valence-corrected chi connectivity index (χ2v) is 4.57. The molecule has 130 valence electrons. The van der Waals surface area contributed by atoms with Gasteiger partial charge < -0.3 is 15.0 Å². The molecule has 1 amide bonds. The molecule has 0 atom stereocenters. The first-order valence-electron chi connectivity index (χ1n) is 6.53. The minimum Gasteiger partial charge on any atom is -0.457 e. The first-order chi connectivity index (χ1) is 12.0. The smallest absolute Gasteiger partial charge is 0.326 e. The Bertz CT molecular complexity index is 731. The van der Waals surface area contributed by atoms with Crippen LogP contribution < -0.4 is 5.73 Å². The summed E-state index contributed by atoms with van der Waals surface area (Å²) < 4.78 is 6.36. The maximum absolute atomic E-state index is 12.2. The van der Waals surface area contributed by atoms with Gasteiger partial charge in [0, 0.05) is 27.1 Å². The molecule has 25 heavy (non-hydrogen) atoms. The number of imidazole rings is 1. The molecule has 0 saturated heterocycles. The first kappa shape index (κ1) is 19.1. The monoisotopic (exact) mass is 348 g/mol. The van der Waals surface area contributed by atoms with Crippen LogP contribution >= 0.6 is 0 Å². The van der Waals surface area contributed by atoms with Gasteiger partial charge in [-0.25, -0.2) is 4.98 Å². The van der Waals surface area contributed by atoms with E-state index in [0.717, 1.165) is 4.57 Å².